The minimum atomic E-state index is 0.443. The van der Waals surface area contributed by atoms with Crippen LogP contribution in [0.25, 0.3) is 11.6 Å². The second-order valence-corrected chi connectivity index (χ2v) is 6.26. The Morgan fingerprint density at radius 2 is 2.19 bits per heavy atom. The van der Waals surface area contributed by atoms with Crippen molar-refractivity contribution < 1.29 is 4.42 Å². The maximum absolute atomic E-state index is 8.70. The van der Waals surface area contributed by atoms with Gasteiger partial charge in [0.2, 0.25) is 5.82 Å². The van der Waals surface area contributed by atoms with Crippen molar-refractivity contribution in [2.75, 3.05) is 5.75 Å². The Balaban J connectivity index is 1.91. The number of hydrogen-bond acceptors (Lipinski definition) is 5. The Labute approximate surface area is 128 Å². The van der Waals surface area contributed by atoms with Gasteiger partial charge in [0.15, 0.2) is 10.9 Å². The van der Waals surface area contributed by atoms with Gasteiger partial charge in [0, 0.05) is 18.2 Å². The standard InChI is InChI=1S/C15H18N4OS/c16-9-5-11-21-15-18-17-14(13-8-4-10-20-13)19(15)12-6-2-1-3-7-12/h4,8,10,12H,1-3,5-7,11H2. The highest BCUT2D eigenvalue weighted by Gasteiger charge is 2.24. The Bertz CT molecular complexity index is 608. The minimum Gasteiger partial charge on any atom is -0.461 e. The van der Waals surface area contributed by atoms with E-state index in [9.17, 15) is 0 Å². The first-order chi connectivity index (χ1) is 10.4. The molecule has 0 saturated heterocycles. The van der Waals surface area contributed by atoms with Crippen molar-refractivity contribution in [3.05, 3.63) is 18.4 Å². The molecule has 110 valence electrons. The quantitative estimate of drug-likeness (QED) is 0.615. The summed E-state index contributed by atoms with van der Waals surface area (Å²) in [6.45, 7) is 0. The van der Waals surface area contributed by atoms with Crippen molar-refractivity contribution in [3.8, 4) is 17.7 Å². The van der Waals surface area contributed by atoms with Gasteiger partial charge in [-0.15, -0.1) is 10.2 Å². The lowest BCUT2D eigenvalue weighted by atomic mass is 9.95. The Hall–Kier alpha value is -1.74. The van der Waals surface area contributed by atoms with Crippen LogP contribution in [0, 0.1) is 11.3 Å². The summed E-state index contributed by atoms with van der Waals surface area (Å²) in [6.07, 6.45) is 8.34. The molecule has 2 heterocycles. The van der Waals surface area contributed by atoms with Gasteiger partial charge in [0.05, 0.1) is 12.3 Å². The van der Waals surface area contributed by atoms with Gasteiger partial charge in [-0.25, -0.2) is 0 Å². The van der Waals surface area contributed by atoms with Crippen molar-refractivity contribution in [1.29, 1.82) is 5.26 Å². The fourth-order valence-corrected chi connectivity index (χ4v) is 3.65. The number of hydrogen-bond donors (Lipinski definition) is 0. The first kappa shape index (κ1) is 14.2. The third-order valence-corrected chi connectivity index (χ3v) is 4.74. The van der Waals surface area contributed by atoms with Gasteiger partial charge in [-0.05, 0) is 25.0 Å². The normalized spacial score (nSPS) is 16.0. The van der Waals surface area contributed by atoms with Crippen LogP contribution in [-0.4, -0.2) is 20.5 Å². The lowest BCUT2D eigenvalue weighted by Crippen LogP contribution is -2.15. The molecular weight excluding hydrogens is 284 g/mol. The average Bonchev–Trinajstić information content (AvgIpc) is 3.17. The number of nitriles is 1. The molecule has 0 unspecified atom stereocenters. The Kier molecular flexibility index (Phi) is 4.61. The second kappa shape index (κ2) is 6.81. The van der Waals surface area contributed by atoms with Crippen LogP contribution in [0.5, 0.6) is 0 Å². The first-order valence-corrected chi connectivity index (χ1v) is 8.37. The molecule has 6 heteroatoms. The summed E-state index contributed by atoms with van der Waals surface area (Å²) in [6, 6.07) is 6.41. The molecule has 5 nitrogen and oxygen atoms in total. The molecule has 21 heavy (non-hydrogen) atoms. The molecule has 1 saturated carbocycles. The molecule has 2 aromatic rings. The Morgan fingerprint density at radius 1 is 1.33 bits per heavy atom. The van der Waals surface area contributed by atoms with Gasteiger partial charge >= 0.3 is 0 Å². The molecular formula is C15H18N4OS. The van der Waals surface area contributed by atoms with Crippen LogP contribution in [0.4, 0.5) is 0 Å². The lowest BCUT2D eigenvalue weighted by molar-refractivity contribution is 0.337. The van der Waals surface area contributed by atoms with E-state index in [0.717, 1.165) is 35.3 Å². The lowest BCUT2D eigenvalue weighted by Gasteiger charge is -2.25. The smallest absolute Gasteiger partial charge is 0.200 e. The van der Waals surface area contributed by atoms with E-state index in [1.807, 2.05) is 12.1 Å². The van der Waals surface area contributed by atoms with Crippen molar-refractivity contribution in [2.45, 2.75) is 49.7 Å². The number of nitrogens with zero attached hydrogens (tertiary/aromatic N) is 4. The summed E-state index contributed by atoms with van der Waals surface area (Å²) in [7, 11) is 0. The molecule has 2 aromatic heterocycles. The summed E-state index contributed by atoms with van der Waals surface area (Å²) < 4.78 is 7.73. The predicted molar refractivity (Wildman–Crippen MR) is 80.8 cm³/mol. The topological polar surface area (TPSA) is 67.6 Å². The van der Waals surface area contributed by atoms with E-state index in [1.165, 1.54) is 19.3 Å². The highest BCUT2D eigenvalue weighted by atomic mass is 32.2. The SMILES string of the molecule is N#CCCSc1nnc(-c2ccco2)n1C1CCCCC1. The van der Waals surface area contributed by atoms with E-state index in [4.69, 9.17) is 9.68 Å². The fourth-order valence-electron chi connectivity index (χ4n) is 2.81. The summed E-state index contributed by atoms with van der Waals surface area (Å²) in [5.74, 6) is 2.33. The van der Waals surface area contributed by atoms with Crippen molar-refractivity contribution >= 4 is 11.8 Å². The molecule has 0 aromatic carbocycles. The maximum Gasteiger partial charge on any atom is 0.200 e. The molecule has 1 fully saturated rings. The molecule has 0 atom stereocenters. The van der Waals surface area contributed by atoms with Crippen LogP contribution in [0.2, 0.25) is 0 Å². The Morgan fingerprint density at radius 3 is 2.90 bits per heavy atom. The molecule has 0 N–H and O–H groups in total. The van der Waals surface area contributed by atoms with Crippen LogP contribution in [-0.2, 0) is 0 Å². The molecule has 0 radical (unpaired) electrons. The highest BCUT2D eigenvalue weighted by Crippen LogP contribution is 2.35. The monoisotopic (exact) mass is 302 g/mol. The van der Waals surface area contributed by atoms with E-state index in [2.05, 4.69) is 20.8 Å². The molecule has 3 rings (SSSR count). The zero-order chi connectivity index (χ0) is 14.5. The average molecular weight is 302 g/mol. The molecule has 1 aliphatic rings. The first-order valence-electron chi connectivity index (χ1n) is 7.38. The van der Waals surface area contributed by atoms with Crippen LogP contribution in [0.1, 0.15) is 44.6 Å². The van der Waals surface area contributed by atoms with E-state index >= 15 is 0 Å². The van der Waals surface area contributed by atoms with Crippen LogP contribution in [0.15, 0.2) is 28.0 Å². The summed E-state index contributed by atoms with van der Waals surface area (Å²) >= 11 is 1.61. The van der Waals surface area contributed by atoms with Crippen LogP contribution < -0.4 is 0 Å². The van der Waals surface area contributed by atoms with E-state index < -0.39 is 0 Å². The van der Waals surface area contributed by atoms with Crippen molar-refractivity contribution in [2.24, 2.45) is 0 Å². The van der Waals surface area contributed by atoms with Crippen LogP contribution >= 0.6 is 11.8 Å². The second-order valence-electron chi connectivity index (χ2n) is 5.20. The molecule has 0 amide bonds. The molecule has 0 spiro atoms. The molecule has 1 aliphatic carbocycles. The summed E-state index contributed by atoms with van der Waals surface area (Å²) in [5, 5.41) is 18.3. The predicted octanol–water partition coefficient (Wildman–Crippen LogP) is 4.05. The molecule has 0 aliphatic heterocycles. The number of rotatable bonds is 5. The number of furan rings is 1. The number of aromatic nitrogens is 3. The van der Waals surface area contributed by atoms with Gasteiger partial charge in [0.25, 0.3) is 0 Å². The van der Waals surface area contributed by atoms with Crippen LogP contribution in [0.3, 0.4) is 0 Å². The zero-order valence-corrected chi connectivity index (χ0v) is 12.7. The number of thioether (sulfide) groups is 1. The van der Waals surface area contributed by atoms with E-state index in [1.54, 1.807) is 18.0 Å². The fraction of sp³-hybridized carbons (Fsp3) is 0.533. The van der Waals surface area contributed by atoms with Crippen molar-refractivity contribution in [3.63, 3.8) is 0 Å². The van der Waals surface area contributed by atoms with Gasteiger partial charge in [-0.3, -0.25) is 4.57 Å². The van der Waals surface area contributed by atoms with Crippen molar-refractivity contribution in [1.82, 2.24) is 14.8 Å². The van der Waals surface area contributed by atoms with Gasteiger partial charge in [0.1, 0.15) is 0 Å². The molecule has 0 bridgehead atoms. The van der Waals surface area contributed by atoms with Gasteiger partial charge in [-0.1, -0.05) is 31.0 Å². The van der Waals surface area contributed by atoms with E-state index in [0.29, 0.717) is 12.5 Å². The zero-order valence-electron chi connectivity index (χ0n) is 11.9. The third kappa shape index (κ3) is 3.13. The summed E-state index contributed by atoms with van der Waals surface area (Å²) in [5.41, 5.74) is 0. The highest BCUT2D eigenvalue weighted by molar-refractivity contribution is 7.99. The largest absolute Gasteiger partial charge is 0.461 e. The van der Waals surface area contributed by atoms with E-state index in [-0.39, 0.29) is 0 Å². The van der Waals surface area contributed by atoms with Gasteiger partial charge < -0.3 is 4.42 Å². The third-order valence-electron chi connectivity index (χ3n) is 3.79. The minimum absolute atomic E-state index is 0.443. The van der Waals surface area contributed by atoms with Gasteiger partial charge in [-0.2, -0.15) is 5.26 Å². The summed E-state index contributed by atoms with van der Waals surface area (Å²) in [4.78, 5) is 0. The maximum atomic E-state index is 8.70.